The van der Waals surface area contributed by atoms with E-state index >= 15 is 0 Å². The smallest absolute Gasteiger partial charge is 0.251 e. The van der Waals surface area contributed by atoms with Gasteiger partial charge in [0.05, 0.1) is 11.0 Å². The topological polar surface area (TPSA) is 75.7 Å². The highest BCUT2D eigenvalue weighted by Crippen LogP contribution is 2.17. The van der Waals surface area contributed by atoms with Gasteiger partial charge in [-0.1, -0.05) is 30.3 Å². The summed E-state index contributed by atoms with van der Waals surface area (Å²) < 4.78 is 31.9. The molecular formula is C20H24N2O4S. The molecule has 0 bridgehead atoms. The zero-order chi connectivity index (χ0) is 19.3. The van der Waals surface area contributed by atoms with Gasteiger partial charge in [0.1, 0.15) is 0 Å². The summed E-state index contributed by atoms with van der Waals surface area (Å²) in [5.41, 5.74) is 1.36. The summed E-state index contributed by atoms with van der Waals surface area (Å²) in [5, 5.41) is 2.88. The van der Waals surface area contributed by atoms with Crippen molar-refractivity contribution in [2.75, 3.05) is 20.2 Å². The average Bonchev–Trinajstić information content (AvgIpc) is 3.21. The van der Waals surface area contributed by atoms with Crippen LogP contribution in [0.3, 0.4) is 0 Å². The van der Waals surface area contributed by atoms with E-state index in [0.717, 1.165) is 25.0 Å². The van der Waals surface area contributed by atoms with Crippen molar-refractivity contribution in [3.05, 3.63) is 65.7 Å². The molecule has 0 spiro atoms. The first kappa shape index (κ1) is 19.5. The van der Waals surface area contributed by atoms with Gasteiger partial charge < -0.3 is 10.1 Å². The van der Waals surface area contributed by atoms with Crippen molar-refractivity contribution in [1.82, 2.24) is 9.62 Å². The van der Waals surface area contributed by atoms with E-state index in [9.17, 15) is 13.2 Å². The second-order valence-corrected chi connectivity index (χ2v) is 8.66. The fourth-order valence-electron chi connectivity index (χ4n) is 2.99. The Morgan fingerprint density at radius 2 is 1.85 bits per heavy atom. The molecule has 27 heavy (non-hydrogen) atoms. The fourth-order valence-corrected chi connectivity index (χ4v) is 4.17. The SMILES string of the molecule is CN(Cc1ccc(C(=O)NC[C@@H]2CCCO2)cc1)S(=O)(=O)c1ccccc1. The largest absolute Gasteiger partial charge is 0.376 e. The molecule has 0 radical (unpaired) electrons. The summed E-state index contributed by atoms with van der Waals surface area (Å²) in [5.74, 6) is -0.151. The number of rotatable bonds is 7. The quantitative estimate of drug-likeness (QED) is 0.790. The zero-order valence-corrected chi connectivity index (χ0v) is 16.1. The Kier molecular flexibility index (Phi) is 6.26. The van der Waals surface area contributed by atoms with E-state index in [4.69, 9.17) is 4.74 Å². The van der Waals surface area contributed by atoms with Gasteiger partial charge in [0, 0.05) is 32.3 Å². The predicted octanol–water partition coefficient (Wildman–Crippen LogP) is 2.42. The molecule has 0 aliphatic carbocycles. The Labute approximate surface area is 160 Å². The number of ether oxygens (including phenoxy) is 1. The van der Waals surface area contributed by atoms with E-state index in [2.05, 4.69) is 5.32 Å². The van der Waals surface area contributed by atoms with E-state index in [1.165, 1.54) is 4.31 Å². The normalized spacial score (nSPS) is 17.2. The highest BCUT2D eigenvalue weighted by molar-refractivity contribution is 7.89. The first-order valence-electron chi connectivity index (χ1n) is 8.97. The highest BCUT2D eigenvalue weighted by Gasteiger charge is 2.21. The number of carbonyl (C=O) groups is 1. The van der Waals surface area contributed by atoms with Gasteiger partial charge in [0.2, 0.25) is 10.0 Å². The lowest BCUT2D eigenvalue weighted by atomic mass is 10.1. The standard InChI is InChI=1S/C20H24N2O4S/c1-22(27(24,25)19-7-3-2-4-8-19)15-16-9-11-17(12-10-16)20(23)21-14-18-6-5-13-26-18/h2-4,7-12,18H,5-6,13-15H2,1H3,(H,21,23)/t18-/m0/s1. The van der Waals surface area contributed by atoms with Gasteiger partial charge in [0.15, 0.2) is 0 Å². The molecular weight excluding hydrogens is 364 g/mol. The van der Waals surface area contributed by atoms with Crippen molar-refractivity contribution in [1.29, 1.82) is 0 Å². The van der Waals surface area contributed by atoms with Crippen LogP contribution < -0.4 is 5.32 Å². The Morgan fingerprint density at radius 1 is 1.15 bits per heavy atom. The van der Waals surface area contributed by atoms with E-state index in [-0.39, 0.29) is 23.5 Å². The van der Waals surface area contributed by atoms with Crippen LogP contribution in [0.15, 0.2) is 59.5 Å². The first-order valence-corrected chi connectivity index (χ1v) is 10.4. The number of carbonyl (C=O) groups excluding carboxylic acids is 1. The molecule has 0 aromatic heterocycles. The van der Waals surface area contributed by atoms with Gasteiger partial charge >= 0.3 is 0 Å². The molecule has 1 aliphatic heterocycles. The lowest BCUT2D eigenvalue weighted by Crippen LogP contribution is -2.31. The number of hydrogen-bond donors (Lipinski definition) is 1. The van der Waals surface area contributed by atoms with Crippen molar-refractivity contribution in [2.24, 2.45) is 0 Å². The molecule has 2 aromatic carbocycles. The maximum Gasteiger partial charge on any atom is 0.251 e. The Balaban J connectivity index is 1.59. The van der Waals surface area contributed by atoms with Crippen LogP contribution in [-0.2, 0) is 21.3 Å². The molecule has 1 amide bonds. The molecule has 3 rings (SSSR count). The molecule has 6 nitrogen and oxygen atoms in total. The summed E-state index contributed by atoms with van der Waals surface area (Å²) >= 11 is 0. The molecule has 1 fully saturated rings. The summed E-state index contributed by atoms with van der Waals surface area (Å²) in [6.07, 6.45) is 2.11. The van der Waals surface area contributed by atoms with Gasteiger partial charge in [-0.25, -0.2) is 8.42 Å². The lowest BCUT2D eigenvalue weighted by molar-refractivity contribution is 0.0858. The van der Waals surface area contributed by atoms with E-state index < -0.39 is 10.0 Å². The van der Waals surface area contributed by atoms with Crippen LogP contribution in [0.25, 0.3) is 0 Å². The van der Waals surface area contributed by atoms with Gasteiger partial charge in [-0.2, -0.15) is 4.31 Å². The number of amides is 1. The number of benzene rings is 2. The third-order valence-corrected chi connectivity index (χ3v) is 6.40. The summed E-state index contributed by atoms with van der Waals surface area (Å²) in [6, 6.07) is 15.3. The molecule has 2 aromatic rings. The van der Waals surface area contributed by atoms with E-state index in [1.54, 1.807) is 61.6 Å². The van der Waals surface area contributed by atoms with Crippen LogP contribution in [0.4, 0.5) is 0 Å². The minimum absolute atomic E-state index is 0.102. The predicted molar refractivity (Wildman–Crippen MR) is 103 cm³/mol. The molecule has 1 atom stereocenters. The number of sulfonamides is 1. The molecule has 0 unspecified atom stereocenters. The number of hydrogen-bond acceptors (Lipinski definition) is 4. The molecule has 1 heterocycles. The summed E-state index contributed by atoms with van der Waals surface area (Å²) in [7, 11) is -2.00. The van der Waals surface area contributed by atoms with Crippen molar-refractivity contribution in [2.45, 2.75) is 30.4 Å². The van der Waals surface area contributed by atoms with Crippen LogP contribution in [-0.4, -0.2) is 44.9 Å². The molecule has 144 valence electrons. The number of nitrogens with one attached hydrogen (secondary N) is 1. The van der Waals surface area contributed by atoms with E-state index in [0.29, 0.717) is 12.1 Å². The number of nitrogens with zero attached hydrogens (tertiary/aromatic N) is 1. The van der Waals surface area contributed by atoms with Gasteiger partial charge in [0.25, 0.3) is 5.91 Å². The second-order valence-electron chi connectivity index (χ2n) is 6.62. The fraction of sp³-hybridized carbons (Fsp3) is 0.350. The lowest BCUT2D eigenvalue weighted by Gasteiger charge is -2.17. The first-order chi connectivity index (χ1) is 13.0. The second kappa shape index (κ2) is 8.65. The van der Waals surface area contributed by atoms with E-state index in [1.807, 2.05) is 0 Å². The average molecular weight is 388 g/mol. The summed E-state index contributed by atoms with van der Waals surface area (Å²) in [4.78, 5) is 12.5. The van der Waals surface area contributed by atoms with Crippen molar-refractivity contribution < 1.29 is 17.9 Å². The van der Waals surface area contributed by atoms with Crippen LogP contribution in [0, 0.1) is 0 Å². The van der Waals surface area contributed by atoms with Gasteiger partial charge in [-0.05, 0) is 42.7 Å². The molecule has 0 saturated carbocycles. The van der Waals surface area contributed by atoms with Crippen LogP contribution in [0.1, 0.15) is 28.8 Å². The monoisotopic (exact) mass is 388 g/mol. The van der Waals surface area contributed by atoms with Crippen molar-refractivity contribution in [3.8, 4) is 0 Å². The van der Waals surface area contributed by atoms with Crippen LogP contribution in [0.2, 0.25) is 0 Å². The third-order valence-electron chi connectivity index (χ3n) is 4.59. The molecule has 7 heteroatoms. The minimum Gasteiger partial charge on any atom is -0.376 e. The van der Waals surface area contributed by atoms with Crippen LogP contribution >= 0.6 is 0 Å². The van der Waals surface area contributed by atoms with Gasteiger partial charge in [-0.15, -0.1) is 0 Å². The summed E-state index contributed by atoms with van der Waals surface area (Å²) in [6.45, 7) is 1.50. The highest BCUT2D eigenvalue weighted by atomic mass is 32.2. The maximum absolute atomic E-state index is 12.6. The Bertz CT molecular complexity index is 861. The Hall–Kier alpha value is -2.22. The van der Waals surface area contributed by atoms with Gasteiger partial charge in [-0.3, -0.25) is 4.79 Å². The van der Waals surface area contributed by atoms with Crippen molar-refractivity contribution >= 4 is 15.9 Å². The van der Waals surface area contributed by atoms with Crippen molar-refractivity contribution in [3.63, 3.8) is 0 Å². The Morgan fingerprint density at radius 3 is 2.48 bits per heavy atom. The molecule has 1 aliphatic rings. The maximum atomic E-state index is 12.6. The molecule has 1 saturated heterocycles. The van der Waals surface area contributed by atoms with Crippen LogP contribution in [0.5, 0.6) is 0 Å². The minimum atomic E-state index is -3.54. The molecule has 1 N–H and O–H groups in total. The zero-order valence-electron chi connectivity index (χ0n) is 15.3. The third kappa shape index (κ3) is 4.94.